The number of benzene rings is 1. The zero-order chi connectivity index (χ0) is 20.8. The fourth-order valence-electron chi connectivity index (χ4n) is 4.80. The van der Waals surface area contributed by atoms with E-state index < -0.39 is 0 Å². The summed E-state index contributed by atoms with van der Waals surface area (Å²) in [5, 5.41) is 0. The molecule has 0 radical (unpaired) electrons. The molecule has 160 valence electrons. The van der Waals surface area contributed by atoms with E-state index in [4.69, 9.17) is 4.74 Å². The molecule has 6 nitrogen and oxygen atoms in total. The highest BCUT2D eigenvalue weighted by Gasteiger charge is 2.38. The number of amides is 2. The summed E-state index contributed by atoms with van der Waals surface area (Å²) >= 11 is 0. The highest BCUT2D eigenvalue weighted by Crippen LogP contribution is 2.32. The van der Waals surface area contributed by atoms with Crippen LogP contribution >= 0.6 is 0 Å². The number of carbonyl (C=O) groups is 2. The number of piperazine rings is 1. The summed E-state index contributed by atoms with van der Waals surface area (Å²) < 4.78 is 5.36. The third kappa shape index (κ3) is 4.92. The molecular weight excluding hydrogens is 366 g/mol. The van der Waals surface area contributed by atoms with Crippen molar-refractivity contribution in [2.75, 3.05) is 46.9 Å². The fraction of sp³-hybridized carbons (Fsp3) is 0.652. The number of carbonyl (C=O) groups excluding carboxylic acids is 2. The molecule has 0 bridgehead atoms. The van der Waals surface area contributed by atoms with Crippen molar-refractivity contribution in [2.24, 2.45) is 5.92 Å². The minimum absolute atomic E-state index is 0.00828. The van der Waals surface area contributed by atoms with Gasteiger partial charge in [-0.05, 0) is 37.3 Å². The molecule has 0 spiro atoms. The normalized spacial score (nSPS) is 19.2. The lowest BCUT2D eigenvalue weighted by Crippen LogP contribution is -2.58. The second kappa shape index (κ2) is 10.1. The van der Waals surface area contributed by atoms with E-state index in [1.54, 1.807) is 7.11 Å². The minimum atomic E-state index is -0.0439. The number of para-hydroxylation sites is 1. The predicted molar refractivity (Wildman–Crippen MR) is 114 cm³/mol. The first-order chi connectivity index (χ1) is 14.1. The van der Waals surface area contributed by atoms with Crippen molar-refractivity contribution in [3.05, 3.63) is 29.8 Å². The maximum atomic E-state index is 13.2. The van der Waals surface area contributed by atoms with Gasteiger partial charge in [0.1, 0.15) is 5.75 Å². The van der Waals surface area contributed by atoms with Crippen LogP contribution in [0.25, 0.3) is 0 Å². The molecule has 2 amide bonds. The van der Waals surface area contributed by atoms with Crippen molar-refractivity contribution in [2.45, 2.75) is 45.1 Å². The maximum absolute atomic E-state index is 13.2. The third-order valence-electron chi connectivity index (χ3n) is 6.37. The molecule has 6 heteroatoms. The Morgan fingerprint density at radius 3 is 2.41 bits per heavy atom. The van der Waals surface area contributed by atoms with Gasteiger partial charge in [0.25, 0.3) is 5.91 Å². The SMILES string of the molecule is CCCN(C)C(=O)C(C1CCCC1)N1CCN(C(=O)c2ccccc2OC)CC1. The molecule has 1 saturated heterocycles. The summed E-state index contributed by atoms with van der Waals surface area (Å²) in [5.74, 6) is 1.32. The molecule has 2 fully saturated rings. The summed E-state index contributed by atoms with van der Waals surface area (Å²) in [7, 11) is 3.52. The van der Waals surface area contributed by atoms with E-state index in [2.05, 4.69) is 11.8 Å². The first kappa shape index (κ1) is 21.6. The molecule has 1 unspecified atom stereocenters. The van der Waals surface area contributed by atoms with Gasteiger partial charge in [-0.3, -0.25) is 14.5 Å². The van der Waals surface area contributed by atoms with Crippen LogP contribution in [0.2, 0.25) is 0 Å². The van der Waals surface area contributed by atoms with Gasteiger partial charge in [-0.15, -0.1) is 0 Å². The van der Waals surface area contributed by atoms with Gasteiger partial charge in [0, 0.05) is 39.8 Å². The topological polar surface area (TPSA) is 53.1 Å². The van der Waals surface area contributed by atoms with Crippen LogP contribution in [0.3, 0.4) is 0 Å². The Kier molecular flexibility index (Phi) is 7.53. The highest BCUT2D eigenvalue weighted by atomic mass is 16.5. The van der Waals surface area contributed by atoms with E-state index >= 15 is 0 Å². The summed E-state index contributed by atoms with van der Waals surface area (Å²) in [6, 6.07) is 7.33. The van der Waals surface area contributed by atoms with Crippen molar-refractivity contribution in [1.82, 2.24) is 14.7 Å². The number of ether oxygens (including phenoxy) is 1. The largest absolute Gasteiger partial charge is 0.496 e. The summed E-state index contributed by atoms with van der Waals surface area (Å²) in [5.41, 5.74) is 0.606. The molecule has 1 aromatic rings. The van der Waals surface area contributed by atoms with Crippen LogP contribution in [-0.2, 0) is 4.79 Å². The van der Waals surface area contributed by atoms with Gasteiger partial charge >= 0.3 is 0 Å². The van der Waals surface area contributed by atoms with Crippen LogP contribution in [0.5, 0.6) is 5.75 Å². The smallest absolute Gasteiger partial charge is 0.257 e. The molecule has 2 aliphatic rings. The van der Waals surface area contributed by atoms with Crippen LogP contribution in [0.15, 0.2) is 24.3 Å². The highest BCUT2D eigenvalue weighted by molar-refractivity contribution is 5.97. The number of methoxy groups -OCH3 is 1. The molecule has 1 aromatic carbocycles. The minimum Gasteiger partial charge on any atom is -0.496 e. The Bertz CT molecular complexity index is 694. The van der Waals surface area contributed by atoms with E-state index in [0.717, 1.165) is 38.9 Å². The molecule has 3 rings (SSSR count). The summed E-state index contributed by atoms with van der Waals surface area (Å²) in [6.45, 7) is 5.68. The fourth-order valence-corrected chi connectivity index (χ4v) is 4.80. The summed E-state index contributed by atoms with van der Waals surface area (Å²) in [6.07, 6.45) is 5.69. The lowest BCUT2D eigenvalue weighted by molar-refractivity contribution is -0.138. The van der Waals surface area contributed by atoms with Gasteiger partial charge < -0.3 is 14.5 Å². The zero-order valence-electron chi connectivity index (χ0n) is 18.1. The number of likely N-dealkylation sites (N-methyl/N-ethyl adjacent to an activating group) is 1. The molecule has 1 heterocycles. The van der Waals surface area contributed by atoms with Gasteiger partial charge in [-0.25, -0.2) is 0 Å². The van der Waals surface area contributed by atoms with Gasteiger partial charge in [-0.2, -0.15) is 0 Å². The monoisotopic (exact) mass is 401 g/mol. The summed E-state index contributed by atoms with van der Waals surface area (Å²) in [4.78, 5) is 32.3. The van der Waals surface area contributed by atoms with Crippen LogP contribution in [-0.4, -0.2) is 79.4 Å². The van der Waals surface area contributed by atoms with Gasteiger partial charge in [0.2, 0.25) is 5.91 Å². The average molecular weight is 402 g/mol. The average Bonchev–Trinajstić information content (AvgIpc) is 3.28. The van der Waals surface area contributed by atoms with Crippen molar-refractivity contribution in [1.29, 1.82) is 0 Å². The van der Waals surface area contributed by atoms with Crippen molar-refractivity contribution < 1.29 is 14.3 Å². The second-order valence-electron chi connectivity index (χ2n) is 8.28. The molecule has 0 aromatic heterocycles. The number of nitrogens with zero attached hydrogens (tertiary/aromatic N) is 3. The van der Waals surface area contributed by atoms with E-state index in [1.165, 1.54) is 12.8 Å². The number of rotatable bonds is 7. The Hall–Kier alpha value is -2.08. The standard InChI is InChI=1S/C23H35N3O3/c1-4-13-24(2)23(28)21(18-9-5-6-10-18)25-14-16-26(17-15-25)22(27)19-11-7-8-12-20(19)29-3/h7-8,11-12,18,21H,4-6,9-10,13-17H2,1-3H3. The lowest BCUT2D eigenvalue weighted by Gasteiger charge is -2.42. The number of hydrogen-bond donors (Lipinski definition) is 0. The van der Waals surface area contributed by atoms with Gasteiger partial charge in [0.05, 0.1) is 18.7 Å². The Labute approximate surface area is 174 Å². The molecule has 29 heavy (non-hydrogen) atoms. The third-order valence-corrected chi connectivity index (χ3v) is 6.37. The van der Waals surface area contributed by atoms with Crippen LogP contribution in [0.1, 0.15) is 49.4 Å². The van der Waals surface area contributed by atoms with Crippen molar-refractivity contribution in [3.63, 3.8) is 0 Å². The van der Waals surface area contributed by atoms with Gasteiger partial charge in [0.15, 0.2) is 0 Å². The van der Waals surface area contributed by atoms with Crippen molar-refractivity contribution in [3.8, 4) is 5.75 Å². The van der Waals surface area contributed by atoms with Gasteiger partial charge in [-0.1, -0.05) is 31.9 Å². The molecule has 1 aliphatic heterocycles. The molecule has 1 saturated carbocycles. The lowest BCUT2D eigenvalue weighted by atomic mass is 9.94. The molecule has 1 atom stereocenters. The van der Waals surface area contributed by atoms with E-state index in [9.17, 15) is 9.59 Å². The Balaban J connectivity index is 1.68. The van der Waals surface area contributed by atoms with Crippen LogP contribution < -0.4 is 4.74 Å². The van der Waals surface area contributed by atoms with E-state index in [0.29, 0.717) is 30.3 Å². The first-order valence-corrected chi connectivity index (χ1v) is 11.0. The quantitative estimate of drug-likeness (QED) is 0.705. The predicted octanol–water partition coefficient (Wildman–Crippen LogP) is 2.88. The zero-order valence-corrected chi connectivity index (χ0v) is 18.1. The Morgan fingerprint density at radius 2 is 1.79 bits per heavy atom. The molecule has 1 aliphatic carbocycles. The maximum Gasteiger partial charge on any atom is 0.257 e. The first-order valence-electron chi connectivity index (χ1n) is 11.0. The number of hydrogen-bond acceptors (Lipinski definition) is 4. The van der Waals surface area contributed by atoms with E-state index in [1.807, 2.05) is 41.1 Å². The molecular formula is C23H35N3O3. The molecule has 0 N–H and O–H groups in total. The van der Waals surface area contributed by atoms with Crippen molar-refractivity contribution >= 4 is 11.8 Å². The second-order valence-corrected chi connectivity index (χ2v) is 8.28. The Morgan fingerprint density at radius 1 is 1.14 bits per heavy atom. The van der Waals surface area contributed by atoms with Crippen LogP contribution in [0, 0.1) is 5.92 Å². The van der Waals surface area contributed by atoms with E-state index in [-0.39, 0.29) is 17.9 Å². The van der Waals surface area contributed by atoms with Crippen LogP contribution in [0.4, 0.5) is 0 Å².